The van der Waals surface area contributed by atoms with Gasteiger partial charge in [0.25, 0.3) is 11.6 Å². The average Bonchev–Trinajstić information content (AvgIpc) is 2.45. The number of rotatable bonds is 4. The molecule has 1 heterocycles. The third-order valence-electron chi connectivity index (χ3n) is 2.54. The van der Waals surface area contributed by atoms with E-state index in [-0.39, 0.29) is 23.5 Å². The first-order valence-corrected chi connectivity index (χ1v) is 5.66. The second-order valence-corrected chi connectivity index (χ2v) is 3.93. The molecule has 3 N–H and O–H groups in total. The van der Waals surface area contributed by atoms with E-state index in [1.807, 2.05) is 0 Å². The summed E-state index contributed by atoms with van der Waals surface area (Å²) in [5, 5.41) is 20.8. The van der Waals surface area contributed by atoms with E-state index in [1.54, 1.807) is 12.1 Å². The molecular weight excluding hydrogens is 262 g/mol. The van der Waals surface area contributed by atoms with Gasteiger partial charge in [-0.05, 0) is 24.3 Å². The van der Waals surface area contributed by atoms with Crippen LogP contribution in [-0.2, 0) is 6.54 Å². The monoisotopic (exact) mass is 273 g/mol. The van der Waals surface area contributed by atoms with Crippen molar-refractivity contribution in [3.8, 4) is 0 Å². The summed E-state index contributed by atoms with van der Waals surface area (Å²) in [6.45, 7) is 0.212. The van der Waals surface area contributed by atoms with Crippen molar-refractivity contribution in [3.05, 3.63) is 57.9 Å². The summed E-state index contributed by atoms with van der Waals surface area (Å²) in [5.41, 5.74) is 6.10. The normalized spacial score (nSPS) is 10.0. The van der Waals surface area contributed by atoms with Crippen molar-refractivity contribution in [1.29, 1.82) is 0 Å². The molecule has 0 saturated carbocycles. The van der Waals surface area contributed by atoms with Crippen molar-refractivity contribution in [2.75, 3.05) is 5.73 Å². The summed E-state index contributed by atoms with van der Waals surface area (Å²) >= 11 is 0. The lowest BCUT2D eigenvalue weighted by atomic mass is 10.1. The molecule has 0 atom stereocenters. The predicted octanol–water partition coefficient (Wildman–Crippen LogP) is 0.897. The maximum Gasteiger partial charge on any atom is 0.292 e. The minimum atomic E-state index is -0.601. The van der Waals surface area contributed by atoms with E-state index in [0.717, 1.165) is 0 Å². The molecule has 0 aliphatic rings. The quantitative estimate of drug-likeness (QED) is 0.484. The van der Waals surface area contributed by atoms with Crippen LogP contribution in [0.25, 0.3) is 0 Å². The number of nitrogens with one attached hydrogen (secondary N) is 1. The molecule has 1 amide bonds. The zero-order valence-electron chi connectivity index (χ0n) is 10.3. The number of carbonyl (C=O) groups excluding carboxylic acids is 1. The SMILES string of the molecule is Nc1cc(C(=O)NCc2cccnn2)ccc1[N+](=O)[O-]. The Labute approximate surface area is 113 Å². The van der Waals surface area contributed by atoms with Crippen LogP contribution in [0.15, 0.2) is 36.5 Å². The number of amides is 1. The summed E-state index contributed by atoms with van der Waals surface area (Å²) < 4.78 is 0. The van der Waals surface area contributed by atoms with Gasteiger partial charge in [0, 0.05) is 17.8 Å². The Morgan fingerprint density at radius 3 is 2.80 bits per heavy atom. The standard InChI is InChI=1S/C12H11N5O3/c13-10-6-8(3-4-11(10)17(19)20)12(18)14-7-9-2-1-5-15-16-9/h1-6H,7,13H2,(H,14,18). The van der Waals surface area contributed by atoms with E-state index in [1.165, 1.54) is 24.4 Å². The van der Waals surface area contributed by atoms with Crippen LogP contribution in [0.2, 0.25) is 0 Å². The summed E-state index contributed by atoms with van der Waals surface area (Å²) in [6.07, 6.45) is 1.53. The Morgan fingerprint density at radius 2 is 2.20 bits per heavy atom. The van der Waals surface area contributed by atoms with Gasteiger partial charge < -0.3 is 11.1 Å². The molecule has 2 aromatic rings. The van der Waals surface area contributed by atoms with Crippen LogP contribution in [0.3, 0.4) is 0 Å². The molecular formula is C12H11N5O3. The number of nitrogens with two attached hydrogens (primary N) is 1. The molecule has 1 aromatic heterocycles. The fraction of sp³-hybridized carbons (Fsp3) is 0.0833. The Bertz CT molecular complexity index is 645. The Morgan fingerprint density at radius 1 is 1.40 bits per heavy atom. The third kappa shape index (κ3) is 3.05. The number of anilines is 1. The van der Waals surface area contributed by atoms with Crippen molar-refractivity contribution in [2.24, 2.45) is 0 Å². The fourth-order valence-corrected chi connectivity index (χ4v) is 1.56. The van der Waals surface area contributed by atoms with Crippen molar-refractivity contribution >= 4 is 17.3 Å². The molecule has 0 aliphatic heterocycles. The molecule has 0 radical (unpaired) electrons. The van der Waals surface area contributed by atoms with Crippen LogP contribution >= 0.6 is 0 Å². The molecule has 0 saturated heterocycles. The number of nitro benzene ring substituents is 1. The van der Waals surface area contributed by atoms with E-state index in [0.29, 0.717) is 5.69 Å². The third-order valence-corrected chi connectivity index (χ3v) is 2.54. The second kappa shape index (κ2) is 5.74. The number of nitrogens with zero attached hydrogens (tertiary/aromatic N) is 3. The fourth-order valence-electron chi connectivity index (χ4n) is 1.56. The topological polar surface area (TPSA) is 124 Å². The van der Waals surface area contributed by atoms with Gasteiger partial charge >= 0.3 is 0 Å². The lowest BCUT2D eigenvalue weighted by molar-refractivity contribution is -0.383. The highest BCUT2D eigenvalue weighted by Crippen LogP contribution is 2.21. The number of nitro groups is 1. The molecule has 0 aliphatic carbocycles. The Kier molecular flexibility index (Phi) is 3.85. The molecule has 0 unspecified atom stereocenters. The van der Waals surface area contributed by atoms with E-state index < -0.39 is 10.8 Å². The largest absolute Gasteiger partial charge is 0.393 e. The van der Waals surface area contributed by atoms with Gasteiger partial charge in [-0.25, -0.2) is 0 Å². The molecule has 20 heavy (non-hydrogen) atoms. The van der Waals surface area contributed by atoms with Crippen LogP contribution in [-0.4, -0.2) is 21.0 Å². The number of hydrogen-bond acceptors (Lipinski definition) is 6. The first-order valence-electron chi connectivity index (χ1n) is 5.66. The Balaban J connectivity index is 2.06. The van der Waals surface area contributed by atoms with Crippen molar-refractivity contribution in [1.82, 2.24) is 15.5 Å². The number of aromatic nitrogens is 2. The van der Waals surface area contributed by atoms with Crippen molar-refractivity contribution < 1.29 is 9.72 Å². The van der Waals surface area contributed by atoms with Gasteiger partial charge in [-0.3, -0.25) is 14.9 Å². The molecule has 0 bridgehead atoms. The van der Waals surface area contributed by atoms with Gasteiger partial charge in [0.15, 0.2) is 0 Å². The number of hydrogen-bond donors (Lipinski definition) is 2. The summed E-state index contributed by atoms with van der Waals surface area (Å²) in [5.74, 6) is -0.391. The van der Waals surface area contributed by atoms with Crippen LogP contribution in [0.5, 0.6) is 0 Å². The lowest BCUT2D eigenvalue weighted by Crippen LogP contribution is -2.23. The highest BCUT2D eigenvalue weighted by atomic mass is 16.6. The van der Waals surface area contributed by atoms with Crippen LogP contribution in [0.4, 0.5) is 11.4 Å². The predicted molar refractivity (Wildman–Crippen MR) is 70.7 cm³/mol. The first kappa shape index (κ1) is 13.4. The van der Waals surface area contributed by atoms with E-state index in [2.05, 4.69) is 15.5 Å². The lowest BCUT2D eigenvalue weighted by Gasteiger charge is -2.05. The highest BCUT2D eigenvalue weighted by Gasteiger charge is 2.14. The summed E-state index contributed by atoms with van der Waals surface area (Å²) in [6, 6.07) is 7.24. The van der Waals surface area contributed by atoms with E-state index >= 15 is 0 Å². The van der Waals surface area contributed by atoms with Crippen molar-refractivity contribution in [2.45, 2.75) is 6.54 Å². The summed E-state index contributed by atoms with van der Waals surface area (Å²) in [4.78, 5) is 21.9. The van der Waals surface area contributed by atoms with Gasteiger partial charge in [0.05, 0.1) is 17.2 Å². The van der Waals surface area contributed by atoms with Crippen LogP contribution in [0, 0.1) is 10.1 Å². The van der Waals surface area contributed by atoms with Crippen molar-refractivity contribution in [3.63, 3.8) is 0 Å². The highest BCUT2D eigenvalue weighted by molar-refractivity contribution is 5.95. The molecule has 102 valence electrons. The first-order chi connectivity index (χ1) is 9.58. The Hall–Kier alpha value is -3.03. The number of benzene rings is 1. The van der Waals surface area contributed by atoms with E-state index in [9.17, 15) is 14.9 Å². The van der Waals surface area contributed by atoms with E-state index in [4.69, 9.17) is 5.73 Å². The molecule has 8 heteroatoms. The molecule has 2 rings (SSSR count). The minimum absolute atomic E-state index is 0.0536. The zero-order chi connectivity index (χ0) is 14.5. The molecule has 8 nitrogen and oxygen atoms in total. The van der Waals surface area contributed by atoms with Gasteiger partial charge in [-0.2, -0.15) is 10.2 Å². The maximum atomic E-state index is 11.9. The smallest absolute Gasteiger partial charge is 0.292 e. The minimum Gasteiger partial charge on any atom is -0.393 e. The molecule has 0 spiro atoms. The van der Waals surface area contributed by atoms with Crippen LogP contribution < -0.4 is 11.1 Å². The van der Waals surface area contributed by atoms with Gasteiger partial charge in [0.2, 0.25) is 0 Å². The molecule has 1 aromatic carbocycles. The zero-order valence-corrected chi connectivity index (χ0v) is 10.3. The van der Waals surface area contributed by atoms with Gasteiger partial charge in [-0.1, -0.05) is 0 Å². The second-order valence-electron chi connectivity index (χ2n) is 3.93. The van der Waals surface area contributed by atoms with Gasteiger partial charge in [-0.15, -0.1) is 0 Å². The van der Waals surface area contributed by atoms with Crippen LogP contribution in [0.1, 0.15) is 16.1 Å². The summed E-state index contributed by atoms with van der Waals surface area (Å²) in [7, 11) is 0. The van der Waals surface area contributed by atoms with Gasteiger partial charge in [0.1, 0.15) is 5.69 Å². The molecule has 0 fully saturated rings. The number of nitrogen functional groups attached to an aromatic ring is 1. The average molecular weight is 273 g/mol. The number of carbonyl (C=O) groups is 1. The maximum absolute atomic E-state index is 11.9.